The molecule has 1 saturated carbocycles. The summed E-state index contributed by atoms with van der Waals surface area (Å²) in [5, 5.41) is 12.8. The molecule has 1 unspecified atom stereocenters. The van der Waals surface area contributed by atoms with Crippen LogP contribution < -0.4 is 10.2 Å². The van der Waals surface area contributed by atoms with Gasteiger partial charge in [-0.1, -0.05) is 6.42 Å². The van der Waals surface area contributed by atoms with Crippen molar-refractivity contribution in [3.8, 4) is 6.07 Å². The Labute approximate surface area is 114 Å². The first-order valence-electron chi connectivity index (χ1n) is 7.23. The Morgan fingerprint density at radius 3 is 2.95 bits per heavy atom. The predicted octanol–water partition coefficient (Wildman–Crippen LogP) is 2.06. The summed E-state index contributed by atoms with van der Waals surface area (Å²) in [4.78, 5) is 6.80. The second kappa shape index (κ2) is 5.58. The number of nitrogens with zero attached hydrogens (tertiary/aromatic N) is 3. The number of nitrogens with one attached hydrogen (secondary N) is 1. The second-order valence-electron chi connectivity index (χ2n) is 5.52. The van der Waals surface area contributed by atoms with E-state index in [-0.39, 0.29) is 0 Å². The van der Waals surface area contributed by atoms with Crippen molar-refractivity contribution in [2.75, 3.05) is 18.0 Å². The van der Waals surface area contributed by atoms with Crippen LogP contribution in [-0.4, -0.2) is 30.2 Å². The first-order chi connectivity index (χ1) is 9.38. The number of anilines is 1. The number of aromatic nitrogens is 1. The second-order valence-corrected chi connectivity index (χ2v) is 5.52. The summed E-state index contributed by atoms with van der Waals surface area (Å²) in [6.45, 7) is 2.10. The van der Waals surface area contributed by atoms with Crippen molar-refractivity contribution in [3.63, 3.8) is 0 Å². The van der Waals surface area contributed by atoms with Crippen molar-refractivity contribution in [2.45, 2.75) is 44.2 Å². The van der Waals surface area contributed by atoms with Gasteiger partial charge in [0.05, 0.1) is 5.56 Å². The number of piperidine rings is 1. The highest BCUT2D eigenvalue weighted by molar-refractivity contribution is 5.55. The van der Waals surface area contributed by atoms with Gasteiger partial charge in [-0.15, -0.1) is 0 Å². The Hall–Kier alpha value is -1.60. The molecule has 1 aromatic heterocycles. The topological polar surface area (TPSA) is 52.0 Å². The monoisotopic (exact) mass is 256 g/mol. The van der Waals surface area contributed by atoms with Gasteiger partial charge in [0.25, 0.3) is 0 Å². The Bertz CT molecular complexity index is 469. The third-order valence-corrected chi connectivity index (χ3v) is 4.00. The smallest absolute Gasteiger partial charge is 0.146 e. The standard InChI is InChI=1S/C15H20N4/c16-10-12-4-3-9-18-15(12)19(14-6-7-14)11-13-5-1-2-8-17-13/h3-4,9,13-14,17H,1-2,5-8,11H2. The molecule has 4 nitrogen and oxygen atoms in total. The molecule has 2 aliphatic rings. The van der Waals surface area contributed by atoms with Crippen LogP contribution >= 0.6 is 0 Å². The summed E-state index contributed by atoms with van der Waals surface area (Å²) in [5.41, 5.74) is 0.699. The van der Waals surface area contributed by atoms with Crippen molar-refractivity contribution in [1.82, 2.24) is 10.3 Å². The van der Waals surface area contributed by atoms with Crippen molar-refractivity contribution in [2.24, 2.45) is 0 Å². The van der Waals surface area contributed by atoms with Gasteiger partial charge in [0, 0.05) is 24.8 Å². The molecule has 0 amide bonds. The fourth-order valence-corrected chi connectivity index (χ4v) is 2.83. The van der Waals surface area contributed by atoms with Crippen molar-refractivity contribution < 1.29 is 0 Å². The van der Waals surface area contributed by atoms with Crippen molar-refractivity contribution >= 4 is 5.82 Å². The molecule has 0 aromatic carbocycles. The fraction of sp³-hybridized carbons (Fsp3) is 0.600. The van der Waals surface area contributed by atoms with Gasteiger partial charge in [-0.3, -0.25) is 0 Å². The molecule has 4 heteroatoms. The third kappa shape index (κ3) is 2.87. The molecular weight excluding hydrogens is 236 g/mol. The highest BCUT2D eigenvalue weighted by Gasteiger charge is 2.33. The maximum absolute atomic E-state index is 9.24. The molecule has 2 heterocycles. The van der Waals surface area contributed by atoms with Crippen LogP contribution in [-0.2, 0) is 0 Å². The van der Waals surface area contributed by atoms with Gasteiger partial charge >= 0.3 is 0 Å². The van der Waals surface area contributed by atoms with Gasteiger partial charge in [-0.25, -0.2) is 4.98 Å². The number of pyridine rings is 1. The average molecular weight is 256 g/mol. The minimum atomic E-state index is 0.544. The molecular formula is C15H20N4. The van der Waals surface area contributed by atoms with Crippen molar-refractivity contribution in [1.29, 1.82) is 5.26 Å². The zero-order valence-electron chi connectivity index (χ0n) is 11.2. The van der Waals surface area contributed by atoms with Crippen LogP contribution in [0.3, 0.4) is 0 Å². The molecule has 2 fully saturated rings. The highest BCUT2D eigenvalue weighted by atomic mass is 15.2. The fourth-order valence-electron chi connectivity index (χ4n) is 2.83. The lowest BCUT2D eigenvalue weighted by Crippen LogP contribution is -2.45. The number of hydrogen-bond acceptors (Lipinski definition) is 4. The predicted molar refractivity (Wildman–Crippen MR) is 75.0 cm³/mol. The van der Waals surface area contributed by atoms with Crippen LogP contribution in [0.5, 0.6) is 0 Å². The van der Waals surface area contributed by atoms with Gasteiger partial charge in [-0.05, 0) is 44.4 Å². The molecule has 0 bridgehead atoms. The third-order valence-electron chi connectivity index (χ3n) is 4.00. The van der Waals surface area contributed by atoms with Gasteiger partial charge in [0.15, 0.2) is 0 Å². The van der Waals surface area contributed by atoms with Crippen LogP contribution in [0.4, 0.5) is 5.82 Å². The first-order valence-corrected chi connectivity index (χ1v) is 7.23. The van der Waals surface area contributed by atoms with E-state index in [9.17, 15) is 5.26 Å². The van der Waals surface area contributed by atoms with E-state index >= 15 is 0 Å². The summed E-state index contributed by atoms with van der Waals surface area (Å²) < 4.78 is 0. The zero-order valence-corrected chi connectivity index (χ0v) is 11.2. The molecule has 1 aliphatic heterocycles. The summed E-state index contributed by atoms with van der Waals surface area (Å²) in [6, 6.07) is 7.11. The molecule has 100 valence electrons. The number of rotatable bonds is 4. The Kier molecular flexibility index (Phi) is 3.65. The number of hydrogen-bond donors (Lipinski definition) is 1. The van der Waals surface area contributed by atoms with Gasteiger partial charge in [0.1, 0.15) is 11.9 Å². The van der Waals surface area contributed by atoms with E-state index in [1.54, 1.807) is 6.20 Å². The Balaban J connectivity index is 1.78. The molecule has 0 spiro atoms. The average Bonchev–Trinajstić information content (AvgIpc) is 3.30. The lowest BCUT2D eigenvalue weighted by Gasteiger charge is -2.31. The molecule has 1 aliphatic carbocycles. The molecule has 1 N–H and O–H groups in total. The van der Waals surface area contributed by atoms with E-state index in [1.165, 1.54) is 32.1 Å². The summed E-state index contributed by atoms with van der Waals surface area (Å²) in [7, 11) is 0. The van der Waals surface area contributed by atoms with E-state index in [0.717, 1.165) is 18.9 Å². The van der Waals surface area contributed by atoms with Gasteiger partial charge < -0.3 is 10.2 Å². The van der Waals surface area contributed by atoms with Crippen LogP contribution in [0.2, 0.25) is 0 Å². The normalized spacial score (nSPS) is 22.8. The Morgan fingerprint density at radius 1 is 1.37 bits per heavy atom. The maximum Gasteiger partial charge on any atom is 0.146 e. The van der Waals surface area contributed by atoms with Crippen molar-refractivity contribution in [3.05, 3.63) is 23.9 Å². The minimum absolute atomic E-state index is 0.544. The first kappa shape index (κ1) is 12.4. The van der Waals surface area contributed by atoms with E-state index < -0.39 is 0 Å². The minimum Gasteiger partial charge on any atom is -0.351 e. The highest BCUT2D eigenvalue weighted by Crippen LogP contribution is 2.32. The SMILES string of the molecule is N#Cc1cccnc1N(CC1CCCCN1)C1CC1. The summed E-state index contributed by atoms with van der Waals surface area (Å²) in [6.07, 6.45) is 8.08. The van der Waals surface area contributed by atoms with E-state index in [0.29, 0.717) is 17.6 Å². The summed E-state index contributed by atoms with van der Waals surface area (Å²) >= 11 is 0. The van der Waals surface area contributed by atoms with Gasteiger partial charge in [-0.2, -0.15) is 5.26 Å². The molecule has 1 atom stereocenters. The van der Waals surface area contributed by atoms with Crippen LogP contribution in [0.15, 0.2) is 18.3 Å². The van der Waals surface area contributed by atoms with Crippen LogP contribution in [0.1, 0.15) is 37.7 Å². The molecule has 1 saturated heterocycles. The number of nitriles is 1. The summed E-state index contributed by atoms with van der Waals surface area (Å²) in [5.74, 6) is 0.875. The van der Waals surface area contributed by atoms with E-state index in [4.69, 9.17) is 0 Å². The van der Waals surface area contributed by atoms with Crippen LogP contribution in [0.25, 0.3) is 0 Å². The lowest BCUT2D eigenvalue weighted by atomic mass is 10.0. The Morgan fingerprint density at radius 2 is 2.26 bits per heavy atom. The largest absolute Gasteiger partial charge is 0.351 e. The lowest BCUT2D eigenvalue weighted by molar-refractivity contribution is 0.397. The maximum atomic E-state index is 9.24. The van der Waals surface area contributed by atoms with Gasteiger partial charge in [0.2, 0.25) is 0 Å². The molecule has 3 rings (SSSR count). The molecule has 0 radical (unpaired) electrons. The van der Waals surface area contributed by atoms with E-state index in [1.807, 2.05) is 12.1 Å². The molecule has 1 aromatic rings. The van der Waals surface area contributed by atoms with E-state index in [2.05, 4.69) is 21.3 Å². The van der Waals surface area contributed by atoms with Crippen LogP contribution in [0, 0.1) is 11.3 Å². The zero-order chi connectivity index (χ0) is 13.1. The molecule has 19 heavy (non-hydrogen) atoms. The quantitative estimate of drug-likeness (QED) is 0.896.